The predicted octanol–water partition coefficient (Wildman–Crippen LogP) is 2.04. The first-order valence-corrected chi connectivity index (χ1v) is 4.34. The van der Waals surface area contributed by atoms with Crippen molar-refractivity contribution < 1.29 is 5.11 Å². The van der Waals surface area contributed by atoms with Crippen LogP contribution in [-0.2, 0) is 0 Å². The van der Waals surface area contributed by atoms with E-state index in [1.807, 2.05) is 25.1 Å². The van der Waals surface area contributed by atoms with Crippen LogP contribution in [0.3, 0.4) is 0 Å². The van der Waals surface area contributed by atoms with Crippen molar-refractivity contribution in [2.75, 3.05) is 0 Å². The average molecular weight is 175 g/mol. The topological polar surface area (TPSA) is 44.0 Å². The minimum Gasteiger partial charge on any atom is -0.393 e. The second-order valence-electron chi connectivity index (χ2n) is 3.23. The van der Waals surface area contributed by atoms with E-state index in [1.165, 1.54) is 0 Å². The highest BCUT2D eigenvalue weighted by molar-refractivity contribution is 5.39. The van der Waals surface area contributed by atoms with E-state index in [0.29, 0.717) is 5.56 Å². The number of nitrogens with zero attached hydrogens (tertiary/aromatic N) is 1. The van der Waals surface area contributed by atoms with Crippen molar-refractivity contribution in [3.8, 4) is 6.07 Å². The molecule has 13 heavy (non-hydrogen) atoms. The average Bonchev–Trinajstić information content (AvgIpc) is 2.16. The molecule has 1 aromatic rings. The molecule has 0 aliphatic carbocycles. The summed E-state index contributed by atoms with van der Waals surface area (Å²) in [6.45, 7) is 3.65. The third kappa shape index (κ3) is 2.07. The molecule has 0 aliphatic heterocycles. The van der Waals surface area contributed by atoms with Gasteiger partial charge < -0.3 is 5.11 Å². The Morgan fingerprint density at radius 1 is 1.31 bits per heavy atom. The molecule has 0 unspecified atom stereocenters. The molecule has 0 saturated heterocycles. The molecule has 0 bridgehead atoms. The van der Waals surface area contributed by atoms with Crippen LogP contribution in [0.2, 0.25) is 0 Å². The van der Waals surface area contributed by atoms with Crippen LogP contribution in [0.5, 0.6) is 0 Å². The molecule has 1 rings (SSSR count). The van der Waals surface area contributed by atoms with Gasteiger partial charge in [0.05, 0.1) is 17.7 Å². The lowest BCUT2D eigenvalue weighted by Crippen LogP contribution is -2.12. The van der Waals surface area contributed by atoms with Gasteiger partial charge in [0.2, 0.25) is 0 Å². The van der Waals surface area contributed by atoms with Gasteiger partial charge in [0, 0.05) is 5.92 Å². The zero-order valence-electron chi connectivity index (χ0n) is 7.86. The van der Waals surface area contributed by atoms with Gasteiger partial charge in [0.25, 0.3) is 0 Å². The lowest BCUT2D eigenvalue weighted by molar-refractivity contribution is 0.169. The third-order valence-electron chi connectivity index (χ3n) is 2.30. The van der Waals surface area contributed by atoms with Crippen LogP contribution in [0.4, 0.5) is 0 Å². The fourth-order valence-corrected chi connectivity index (χ4v) is 1.26. The molecule has 1 N–H and O–H groups in total. The van der Waals surface area contributed by atoms with Gasteiger partial charge >= 0.3 is 0 Å². The molecule has 0 spiro atoms. The molecule has 0 heterocycles. The molecule has 0 amide bonds. The minimum absolute atomic E-state index is 0.0100. The van der Waals surface area contributed by atoms with Crippen molar-refractivity contribution in [1.82, 2.24) is 0 Å². The number of hydrogen-bond donors (Lipinski definition) is 1. The van der Waals surface area contributed by atoms with E-state index in [9.17, 15) is 5.11 Å². The van der Waals surface area contributed by atoms with Gasteiger partial charge in [0.1, 0.15) is 0 Å². The van der Waals surface area contributed by atoms with Gasteiger partial charge in [0.15, 0.2) is 0 Å². The second kappa shape index (κ2) is 4.06. The molecule has 1 aromatic carbocycles. The summed E-state index contributed by atoms with van der Waals surface area (Å²) in [6.07, 6.45) is -0.422. The lowest BCUT2D eigenvalue weighted by Gasteiger charge is -2.15. The number of nitriles is 1. The summed E-state index contributed by atoms with van der Waals surface area (Å²) in [7, 11) is 0. The second-order valence-corrected chi connectivity index (χ2v) is 3.23. The number of aliphatic hydroxyl groups is 1. The van der Waals surface area contributed by atoms with E-state index in [0.717, 1.165) is 5.56 Å². The highest BCUT2D eigenvalue weighted by Gasteiger charge is 2.14. The Kier molecular flexibility index (Phi) is 3.05. The molecular formula is C11H13NO. The summed E-state index contributed by atoms with van der Waals surface area (Å²) in [5.41, 5.74) is 1.57. The monoisotopic (exact) mass is 175 g/mol. The fourth-order valence-electron chi connectivity index (χ4n) is 1.26. The summed E-state index contributed by atoms with van der Waals surface area (Å²) >= 11 is 0. The van der Waals surface area contributed by atoms with Gasteiger partial charge in [-0.15, -0.1) is 0 Å². The van der Waals surface area contributed by atoms with Crippen molar-refractivity contribution in [3.63, 3.8) is 0 Å². The Hall–Kier alpha value is -1.33. The van der Waals surface area contributed by atoms with E-state index >= 15 is 0 Å². The number of hydrogen-bond acceptors (Lipinski definition) is 2. The molecular weight excluding hydrogens is 162 g/mol. The highest BCUT2D eigenvalue weighted by Crippen LogP contribution is 2.22. The van der Waals surface area contributed by atoms with Crippen LogP contribution in [-0.4, -0.2) is 11.2 Å². The molecule has 0 radical (unpaired) electrons. The Bertz CT molecular complexity index is 325. The summed E-state index contributed by atoms with van der Waals surface area (Å²) in [5.74, 6) is 0.0100. The summed E-state index contributed by atoms with van der Waals surface area (Å²) < 4.78 is 0. The highest BCUT2D eigenvalue weighted by atomic mass is 16.3. The number of aliphatic hydroxyl groups excluding tert-OH is 1. The number of rotatable bonds is 2. The lowest BCUT2D eigenvalue weighted by atomic mass is 9.92. The van der Waals surface area contributed by atoms with Crippen LogP contribution in [0.15, 0.2) is 24.3 Å². The quantitative estimate of drug-likeness (QED) is 0.747. The Morgan fingerprint density at radius 3 is 2.46 bits per heavy atom. The Morgan fingerprint density at radius 2 is 1.92 bits per heavy atom. The van der Waals surface area contributed by atoms with Crippen LogP contribution in [0.1, 0.15) is 30.9 Å². The summed E-state index contributed by atoms with van der Waals surface area (Å²) in [4.78, 5) is 0. The first-order valence-electron chi connectivity index (χ1n) is 4.34. The standard InChI is InChI=1S/C11H13NO/c1-8(9(2)13)11-6-4-3-5-10(11)7-12/h3-6,8-9,13H,1-2H3/t8-,9+/m1/s1. The van der Waals surface area contributed by atoms with Crippen LogP contribution in [0, 0.1) is 11.3 Å². The van der Waals surface area contributed by atoms with E-state index in [2.05, 4.69) is 6.07 Å². The maximum atomic E-state index is 9.38. The van der Waals surface area contributed by atoms with Crippen molar-refractivity contribution in [3.05, 3.63) is 35.4 Å². The molecule has 0 aromatic heterocycles. The molecule has 0 saturated carbocycles. The summed E-state index contributed by atoms with van der Waals surface area (Å²) in [6, 6.07) is 9.49. The van der Waals surface area contributed by atoms with Crippen molar-refractivity contribution in [1.29, 1.82) is 5.26 Å². The van der Waals surface area contributed by atoms with E-state index in [-0.39, 0.29) is 5.92 Å². The minimum atomic E-state index is -0.422. The largest absolute Gasteiger partial charge is 0.393 e. The molecule has 68 valence electrons. The smallest absolute Gasteiger partial charge is 0.0994 e. The fraction of sp³-hybridized carbons (Fsp3) is 0.364. The maximum Gasteiger partial charge on any atom is 0.0994 e. The SMILES string of the molecule is C[C@H](O)[C@@H](C)c1ccccc1C#N. The zero-order chi connectivity index (χ0) is 9.84. The van der Waals surface area contributed by atoms with Gasteiger partial charge in [-0.05, 0) is 18.6 Å². The van der Waals surface area contributed by atoms with Crippen LogP contribution in [0.25, 0.3) is 0 Å². The molecule has 2 nitrogen and oxygen atoms in total. The Labute approximate surface area is 78.4 Å². The zero-order valence-corrected chi connectivity index (χ0v) is 7.86. The van der Waals surface area contributed by atoms with Gasteiger partial charge in [-0.2, -0.15) is 5.26 Å². The van der Waals surface area contributed by atoms with Gasteiger partial charge in [-0.25, -0.2) is 0 Å². The van der Waals surface area contributed by atoms with Gasteiger partial charge in [-0.3, -0.25) is 0 Å². The number of benzene rings is 1. The van der Waals surface area contributed by atoms with Gasteiger partial charge in [-0.1, -0.05) is 25.1 Å². The molecule has 2 heteroatoms. The van der Waals surface area contributed by atoms with Crippen molar-refractivity contribution in [2.24, 2.45) is 0 Å². The van der Waals surface area contributed by atoms with Crippen molar-refractivity contribution in [2.45, 2.75) is 25.9 Å². The molecule has 0 fully saturated rings. The summed E-state index contributed by atoms with van der Waals surface area (Å²) in [5, 5.41) is 18.2. The predicted molar refractivity (Wildman–Crippen MR) is 51.3 cm³/mol. The normalized spacial score (nSPS) is 14.6. The maximum absolute atomic E-state index is 9.38. The van der Waals surface area contributed by atoms with E-state index < -0.39 is 6.10 Å². The van der Waals surface area contributed by atoms with Crippen molar-refractivity contribution >= 4 is 0 Å². The molecule has 2 atom stereocenters. The van der Waals surface area contributed by atoms with E-state index in [1.54, 1.807) is 13.0 Å². The molecule has 0 aliphatic rings. The van der Waals surface area contributed by atoms with Crippen LogP contribution >= 0.6 is 0 Å². The van der Waals surface area contributed by atoms with Crippen LogP contribution < -0.4 is 0 Å². The first-order chi connectivity index (χ1) is 6.16. The third-order valence-corrected chi connectivity index (χ3v) is 2.30. The van der Waals surface area contributed by atoms with E-state index in [4.69, 9.17) is 5.26 Å². The first kappa shape index (κ1) is 9.76. The Balaban J connectivity index is 3.07.